The lowest BCUT2D eigenvalue weighted by atomic mass is 10.2. The highest BCUT2D eigenvalue weighted by molar-refractivity contribution is 5.04. The first-order chi connectivity index (χ1) is 6.25. The van der Waals surface area contributed by atoms with Crippen LogP contribution in [0.15, 0.2) is 0 Å². The molecule has 2 atom stereocenters. The highest BCUT2D eigenvalue weighted by Gasteiger charge is 2.48. The van der Waals surface area contributed by atoms with Gasteiger partial charge in [-0.25, -0.2) is 0 Å². The van der Waals surface area contributed by atoms with Crippen molar-refractivity contribution < 1.29 is 0 Å². The minimum absolute atomic E-state index is 0.761. The van der Waals surface area contributed by atoms with E-state index in [1.807, 2.05) is 0 Å². The highest BCUT2D eigenvalue weighted by Crippen LogP contribution is 2.39. The van der Waals surface area contributed by atoms with Gasteiger partial charge in [0.1, 0.15) is 0 Å². The molecule has 74 valence electrons. The van der Waals surface area contributed by atoms with Crippen molar-refractivity contribution in [3.63, 3.8) is 0 Å². The second-order valence-electron chi connectivity index (χ2n) is 5.26. The zero-order chi connectivity index (χ0) is 9.00. The number of nitrogens with zero attached hydrogens (tertiary/aromatic N) is 2. The van der Waals surface area contributed by atoms with Crippen molar-refractivity contribution in [3.05, 3.63) is 0 Å². The van der Waals surface area contributed by atoms with Crippen LogP contribution in [0.5, 0.6) is 0 Å². The second-order valence-corrected chi connectivity index (χ2v) is 5.26. The van der Waals surface area contributed by atoms with Crippen LogP contribution in [0.3, 0.4) is 0 Å². The highest BCUT2D eigenvalue weighted by atomic mass is 15.4. The van der Waals surface area contributed by atoms with Gasteiger partial charge in [0.05, 0.1) is 0 Å². The third kappa shape index (κ3) is 1.23. The summed E-state index contributed by atoms with van der Waals surface area (Å²) in [4.78, 5) is 5.48. The maximum atomic E-state index is 2.78. The van der Waals surface area contributed by atoms with Crippen LogP contribution >= 0.6 is 0 Å². The summed E-state index contributed by atoms with van der Waals surface area (Å²) in [5.41, 5.74) is 0. The van der Waals surface area contributed by atoms with E-state index in [2.05, 4.69) is 23.6 Å². The van der Waals surface area contributed by atoms with Crippen LogP contribution in [-0.2, 0) is 0 Å². The van der Waals surface area contributed by atoms with E-state index in [-0.39, 0.29) is 0 Å². The molecule has 0 N–H and O–H groups in total. The van der Waals surface area contributed by atoms with Crippen LogP contribution in [0.2, 0.25) is 0 Å². The summed E-state index contributed by atoms with van der Waals surface area (Å²) in [7, 11) is 0. The third-order valence-electron chi connectivity index (χ3n) is 4.00. The molecule has 3 fully saturated rings. The summed E-state index contributed by atoms with van der Waals surface area (Å²) >= 11 is 0. The lowest BCUT2D eigenvalue weighted by molar-refractivity contribution is 0.0995. The fourth-order valence-corrected chi connectivity index (χ4v) is 3.21. The predicted molar refractivity (Wildman–Crippen MR) is 53.8 cm³/mol. The van der Waals surface area contributed by atoms with Gasteiger partial charge in [-0.05, 0) is 33.1 Å². The SMILES string of the molecule is CC(C)N1C[C@@H]2C[C@H]1CN2C1CC1. The molecule has 13 heavy (non-hydrogen) atoms. The van der Waals surface area contributed by atoms with Crippen LogP contribution in [0.25, 0.3) is 0 Å². The van der Waals surface area contributed by atoms with E-state index in [4.69, 9.17) is 0 Å². The zero-order valence-corrected chi connectivity index (χ0v) is 8.74. The number of likely N-dealkylation sites (tertiary alicyclic amines) is 2. The number of fused-ring (bicyclic) bond motifs is 2. The molecule has 0 aromatic heterocycles. The van der Waals surface area contributed by atoms with Crippen molar-refractivity contribution in [1.82, 2.24) is 9.80 Å². The Morgan fingerprint density at radius 2 is 1.77 bits per heavy atom. The molecule has 1 saturated carbocycles. The molecule has 0 aromatic rings. The zero-order valence-electron chi connectivity index (χ0n) is 8.74. The Balaban J connectivity index is 1.68. The minimum atomic E-state index is 0.761. The van der Waals surface area contributed by atoms with Gasteiger partial charge in [0.2, 0.25) is 0 Å². The van der Waals surface area contributed by atoms with Crippen LogP contribution in [0.4, 0.5) is 0 Å². The summed E-state index contributed by atoms with van der Waals surface area (Å²) in [6.45, 7) is 7.39. The van der Waals surface area contributed by atoms with Gasteiger partial charge in [0, 0.05) is 37.3 Å². The molecule has 2 heteroatoms. The van der Waals surface area contributed by atoms with Crippen LogP contribution < -0.4 is 0 Å². The van der Waals surface area contributed by atoms with E-state index in [1.165, 1.54) is 32.4 Å². The first-order valence-corrected chi connectivity index (χ1v) is 5.77. The number of rotatable bonds is 2. The molecule has 3 aliphatic rings. The smallest absolute Gasteiger partial charge is 0.0242 e. The Morgan fingerprint density at radius 1 is 1.00 bits per heavy atom. The van der Waals surface area contributed by atoms with Gasteiger partial charge in [0.15, 0.2) is 0 Å². The molecule has 2 heterocycles. The average Bonchev–Trinajstić information content (AvgIpc) is 2.75. The molecule has 0 spiro atoms. The van der Waals surface area contributed by atoms with Crippen molar-refractivity contribution in [3.8, 4) is 0 Å². The van der Waals surface area contributed by atoms with E-state index >= 15 is 0 Å². The molecule has 0 aromatic carbocycles. The monoisotopic (exact) mass is 180 g/mol. The minimum Gasteiger partial charge on any atom is -0.295 e. The van der Waals surface area contributed by atoms with Crippen molar-refractivity contribution >= 4 is 0 Å². The molecule has 2 saturated heterocycles. The van der Waals surface area contributed by atoms with Gasteiger partial charge >= 0.3 is 0 Å². The van der Waals surface area contributed by atoms with Crippen LogP contribution in [0, 0.1) is 0 Å². The Labute approximate surface area is 80.9 Å². The quantitative estimate of drug-likeness (QED) is 0.632. The molecular formula is C11H20N2. The second kappa shape index (κ2) is 2.71. The third-order valence-corrected chi connectivity index (χ3v) is 4.00. The molecule has 2 nitrogen and oxygen atoms in total. The Morgan fingerprint density at radius 3 is 2.23 bits per heavy atom. The largest absolute Gasteiger partial charge is 0.295 e. The van der Waals surface area contributed by atoms with E-state index in [9.17, 15) is 0 Å². The number of piperazine rings is 1. The predicted octanol–water partition coefficient (Wildman–Crippen LogP) is 1.32. The Kier molecular flexibility index (Phi) is 1.72. The molecular weight excluding hydrogens is 160 g/mol. The molecule has 0 radical (unpaired) electrons. The molecule has 1 aliphatic carbocycles. The van der Waals surface area contributed by atoms with Crippen molar-refractivity contribution in [2.75, 3.05) is 13.1 Å². The fourth-order valence-electron chi connectivity index (χ4n) is 3.21. The van der Waals surface area contributed by atoms with E-state index < -0.39 is 0 Å². The van der Waals surface area contributed by atoms with Gasteiger partial charge in [0.25, 0.3) is 0 Å². The fraction of sp³-hybridized carbons (Fsp3) is 1.00. The molecule has 0 unspecified atom stereocenters. The average molecular weight is 180 g/mol. The number of hydrogen-bond acceptors (Lipinski definition) is 2. The first kappa shape index (κ1) is 8.25. The van der Waals surface area contributed by atoms with Gasteiger partial charge in [-0.2, -0.15) is 0 Å². The van der Waals surface area contributed by atoms with Gasteiger partial charge in [-0.1, -0.05) is 0 Å². The summed E-state index contributed by atoms with van der Waals surface area (Å²) < 4.78 is 0. The van der Waals surface area contributed by atoms with E-state index in [1.54, 1.807) is 0 Å². The summed E-state index contributed by atoms with van der Waals surface area (Å²) in [6, 6.07) is 3.56. The normalized spacial score (nSPS) is 40.8. The molecule has 2 aliphatic heterocycles. The Hall–Kier alpha value is -0.0800. The summed E-state index contributed by atoms with van der Waals surface area (Å²) in [5.74, 6) is 0. The number of hydrogen-bond donors (Lipinski definition) is 0. The van der Waals surface area contributed by atoms with Gasteiger partial charge in [-0.3, -0.25) is 9.80 Å². The lowest BCUT2D eigenvalue weighted by Crippen LogP contribution is -2.49. The van der Waals surface area contributed by atoms with Crippen molar-refractivity contribution in [1.29, 1.82) is 0 Å². The maximum absolute atomic E-state index is 2.78. The molecule has 2 bridgehead atoms. The lowest BCUT2D eigenvalue weighted by Gasteiger charge is -2.36. The molecule has 0 amide bonds. The Bertz CT molecular complexity index is 196. The first-order valence-electron chi connectivity index (χ1n) is 5.77. The summed E-state index contributed by atoms with van der Waals surface area (Å²) in [6.07, 6.45) is 4.41. The molecule has 3 rings (SSSR count). The maximum Gasteiger partial charge on any atom is 0.0242 e. The van der Waals surface area contributed by atoms with Crippen LogP contribution in [0.1, 0.15) is 33.1 Å². The summed E-state index contributed by atoms with van der Waals surface area (Å²) in [5, 5.41) is 0. The van der Waals surface area contributed by atoms with E-state index in [0.717, 1.165) is 24.2 Å². The van der Waals surface area contributed by atoms with E-state index in [0.29, 0.717) is 0 Å². The topological polar surface area (TPSA) is 6.48 Å². The van der Waals surface area contributed by atoms with Gasteiger partial charge < -0.3 is 0 Å². The van der Waals surface area contributed by atoms with Crippen molar-refractivity contribution in [2.45, 2.75) is 57.3 Å². The van der Waals surface area contributed by atoms with Gasteiger partial charge in [-0.15, -0.1) is 0 Å². The van der Waals surface area contributed by atoms with Crippen LogP contribution in [-0.4, -0.2) is 47.1 Å². The standard InChI is InChI=1S/C11H20N2/c1-8(2)12-6-11-5-10(12)7-13(11)9-3-4-9/h8-11H,3-7H2,1-2H3/t10-,11-/m0/s1. The van der Waals surface area contributed by atoms with Crippen molar-refractivity contribution in [2.24, 2.45) is 0 Å².